The van der Waals surface area contributed by atoms with Crippen LogP contribution >= 0.6 is 0 Å². The van der Waals surface area contributed by atoms with Crippen molar-refractivity contribution in [3.05, 3.63) is 90.1 Å². The maximum atomic E-state index is 15.8. The summed E-state index contributed by atoms with van der Waals surface area (Å²) in [5.74, 6) is -4.73. The fourth-order valence-electron chi connectivity index (χ4n) is 8.16. The van der Waals surface area contributed by atoms with E-state index in [0.717, 1.165) is 43.2 Å². The molecule has 2 aromatic carbocycles. The zero-order chi connectivity index (χ0) is 38.5. The minimum atomic E-state index is -4.66. The van der Waals surface area contributed by atoms with Crippen LogP contribution in [-0.4, -0.2) is 74.6 Å². The van der Waals surface area contributed by atoms with E-state index in [4.69, 9.17) is 5.10 Å². The van der Waals surface area contributed by atoms with Gasteiger partial charge in [0.1, 0.15) is 11.4 Å². The number of hydrogen-bond donors (Lipinski definition) is 2. The van der Waals surface area contributed by atoms with Gasteiger partial charge in [-0.1, -0.05) is 18.2 Å². The van der Waals surface area contributed by atoms with E-state index in [1.165, 1.54) is 11.0 Å². The van der Waals surface area contributed by atoms with E-state index in [9.17, 15) is 27.6 Å². The number of amides is 4. The van der Waals surface area contributed by atoms with Crippen molar-refractivity contribution in [1.82, 2.24) is 30.0 Å². The molecule has 4 amide bonds. The molecule has 5 aromatic rings. The molecule has 2 saturated heterocycles. The molecule has 3 aromatic heterocycles. The van der Waals surface area contributed by atoms with Gasteiger partial charge in [0.25, 0.3) is 11.8 Å². The number of carbonyl (C=O) groups excluding carboxylic acids is 3. The number of anilines is 2. The summed E-state index contributed by atoms with van der Waals surface area (Å²) in [7, 11) is 0. The molecule has 1 unspecified atom stereocenters. The highest BCUT2D eigenvalue weighted by atomic mass is 19.4. The Morgan fingerprint density at radius 1 is 0.945 bits per heavy atom. The molecule has 3 fully saturated rings. The monoisotopic (exact) mass is 760 g/mol. The number of benzene rings is 2. The van der Waals surface area contributed by atoms with Gasteiger partial charge in [-0.2, -0.15) is 18.3 Å². The SMILES string of the molecule is O=C1CCN(c2cncc3cc(C4CCN(C[C@H]5CC[C@H](n6cc7cc(NC(=O)c8cccc(C(F)(F)F)n8)ccc7n6)CC5)CC4(F)F)ccc23)C(=O)N1. The Labute approximate surface area is 311 Å². The molecule has 3 aliphatic rings. The number of nitrogens with zero attached hydrogens (tertiary/aromatic N) is 6. The Morgan fingerprint density at radius 2 is 1.76 bits per heavy atom. The number of urea groups is 1. The lowest BCUT2D eigenvalue weighted by Gasteiger charge is -2.41. The third kappa shape index (κ3) is 7.59. The number of likely N-dealkylation sites (tertiary alicyclic amines) is 1. The van der Waals surface area contributed by atoms with E-state index in [2.05, 4.69) is 20.6 Å². The maximum absolute atomic E-state index is 15.8. The summed E-state index contributed by atoms with van der Waals surface area (Å²) < 4.78 is 72.7. The lowest BCUT2D eigenvalue weighted by molar-refractivity contribution is -0.141. The van der Waals surface area contributed by atoms with Crippen LogP contribution in [0.2, 0.25) is 0 Å². The summed E-state index contributed by atoms with van der Waals surface area (Å²) in [4.78, 5) is 47.8. The number of imide groups is 1. The Bertz CT molecular complexity index is 2290. The number of carbonyl (C=O) groups is 3. The van der Waals surface area contributed by atoms with Gasteiger partial charge < -0.3 is 5.32 Å². The van der Waals surface area contributed by atoms with Crippen LogP contribution in [0.15, 0.2) is 73.2 Å². The molecule has 5 heterocycles. The van der Waals surface area contributed by atoms with E-state index < -0.39 is 35.6 Å². The average Bonchev–Trinajstić information content (AvgIpc) is 3.58. The van der Waals surface area contributed by atoms with Crippen LogP contribution in [0.1, 0.15) is 72.2 Å². The second-order valence-electron chi connectivity index (χ2n) is 14.6. The minimum absolute atomic E-state index is 0.123. The molecule has 1 aliphatic carbocycles. The van der Waals surface area contributed by atoms with E-state index in [-0.39, 0.29) is 43.1 Å². The maximum Gasteiger partial charge on any atom is 0.433 e. The summed E-state index contributed by atoms with van der Waals surface area (Å²) in [6, 6.07) is 13.1. The van der Waals surface area contributed by atoms with Crippen LogP contribution in [0.25, 0.3) is 21.7 Å². The zero-order valence-electron chi connectivity index (χ0n) is 29.5. The summed E-state index contributed by atoms with van der Waals surface area (Å²) in [5, 5.41) is 11.8. The molecule has 2 aliphatic heterocycles. The van der Waals surface area contributed by atoms with Crippen molar-refractivity contribution in [3.8, 4) is 0 Å². The summed E-state index contributed by atoms with van der Waals surface area (Å²) in [5.41, 5.74) is 0.671. The van der Waals surface area contributed by atoms with Crippen LogP contribution in [0, 0.1) is 5.92 Å². The molecular formula is C39H37F5N8O3. The van der Waals surface area contributed by atoms with E-state index in [0.29, 0.717) is 52.7 Å². The highest BCUT2D eigenvalue weighted by Gasteiger charge is 2.46. The number of alkyl halides is 5. The number of fused-ring (bicyclic) bond motifs is 2. The van der Waals surface area contributed by atoms with E-state index >= 15 is 8.78 Å². The van der Waals surface area contributed by atoms with Gasteiger partial charge in [-0.15, -0.1) is 0 Å². The molecule has 2 N–H and O–H groups in total. The van der Waals surface area contributed by atoms with Crippen molar-refractivity contribution >= 4 is 50.9 Å². The molecule has 286 valence electrons. The molecule has 55 heavy (non-hydrogen) atoms. The fourth-order valence-corrected chi connectivity index (χ4v) is 8.16. The Hall–Kier alpha value is -5.51. The van der Waals surface area contributed by atoms with E-state index in [1.807, 2.05) is 15.8 Å². The first-order chi connectivity index (χ1) is 26.3. The number of piperidine rings is 1. The molecule has 0 radical (unpaired) electrons. The van der Waals surface area contributed by atoms with Gasteiger partial charge >= 0.3 is 12.2 Å². The van der Waals surface area contributed by atoms with Gasteiger partial charge in [-0.05, 0) is 86.5 Å². The van der Waals surface area contributed by atoms with Crippen molar-refractivity contribution in [2.75, 3.05) is 36.4 Å². The second-order valence-corrected chi connectivity index (χ2v) is 14.6. The summed E-state index contributed by atoms with van der Waals surface area (Å²) >= 11 is 0. The number of rotatable bonds is 7. The predicted molar refractivity (Wildman–Crippen MR) is 194 cm³/mol. The van der Waals surface area contributed by atoms with Gasteiger partial charge in [0.15, 0.2) is 0 Å². The van der Waals surface area contributed by atoms with Crippen LogP contribution in [0.4, 0.5) is 38.1 Å². The van der Waals surface area contributed by atoms with Crippen LogP contribution in [0.3, 0.4) is 0 Å². The molecule has 16 heteroatoms. The van der Waals surface area contributed by atoms with Gasteiger partial charge in [-0.25, -0.2) is 18.6 Å². The van der Waals surface area contributed by atoms with Gasteiger partial charge in [0.2, 0.25) is 5.91 Å². The molecular weight excluding hydrogens is 723 g/mol. The zero-order valence-corrected chi connectivity index (χ0v) is 29.5. The molecule has 0 bridgehead atoms. The second kappa shape index (κ2) is 14.3. The third-order valence-electron chi connectivity index (χ3n) is 10.9. The lowest BCUT2D eigenvalue weighted by atomic mass is 9.83. The van der Waals surface area contributed by atoms with Crippen molar-refractivity contribution in [2.24, 2.45) is 5.92 Å². The van der Waals surface area contributed by atoms with Gasteiger partial charge in [-0.3, -0.25) is 34.4 Å². The van der Waals surface area contributed by atoms with Crippen molar-refractivity contribution < 1.29 is 36.3 Å². The number of hydrogen-bond acceptors (Lipinski definition) is 7. The smallest absolute Gasteiger partial charge is 0.321 e. The van der Waals surface area contributed by atoms with E-state index in [1.54, 1.807) is 48.8 Å². The quantitative estimate of drug-likeness (QED) is 0.164. The molecule has 1 atom stereocenters. The normalized spacial score (nSPS) is 22.2. The standard InChI is InChI=1S/C39H37F5N8O3/c40-38(41)22-50(14-12-30(38)24-6-10-29-25(16-24)18-45-19-33(29)51-15-13-35(53)48-37(51)55)20-23-4-8-28(9-5-23)52-21-26-17-27(7-11-31(26)49-52)46-36(54)32-2-1-3-34(47-32)39(42,43)44/h1-3,6-7,10-11,16-19,21,23,28,30H,4-5,8-9,12-15,20,22H2,(H,46,54)(H,48,53,55)/t23-,28-,30?. The van der Waals surface area contributed by atoms with Gasteiger partial charge in [0, 0.05) is 53.8 Å². The summed E-state index contributed by atoms with van der Waals surface area (Å²) in [6.45, 7) is 1.02. The first kappa shape index (κ1) is 36.5. The number of pyridine rings is 2. The third-order valence-corrected chi connectivity index (χ3v) is 10.9. The number of nitrogens with one attached hydrogen (secondary N) is 2. The largest absolute Gasteiger partial charge is 0.433 e. The Balaban J connectivity index is 0.858. The van der Waals surface area contributed by atoms with Crippen LogP contribution < -0.4 is 15.5 Å². The topological polar surface area (TPSA) is 125 Å². The Kier molecular flexibility index (Phi) is 9.47. The first-order valence-corrected chi connectivity index (χ1v) is 18.2. The fraction of sp³-hybridized carbons (Fsp3) is 0.385. The number of halogens is 5. The first-order valence-electron chi connectivity index (χ1n) is 18.2. The highest BCUT2D eigenvalue weighted by Crippen LogP contribution is 2.43. The van der Waals surface area contributed by atoms with Crippen LogP contribution in [0.5, 0.6) is 0 Å². The van der Waals surface area contributed by atoms with Crippen molar-refractivity contribution in [1.29, 1.82) is 0 Å². The summed E-state index contributed by atoms with van der Waals surface area (Å²) in [6.07, 6.45) is 4.23. The molecule has 0 spiro atoms. The highest BCUT2D eigenvalue weighted by molar-refractivity contribution is 6.09. The molecule has 11 nitrogen and oxygen atoms in total. The van der Waals surface area contributed by atoms with Crippen LogP contribution in [-0.2, 0) is 11.0 Å². The minimum Gasteiger partial charge on any atom is -0.321 e. The predicted octanol–water partition coefficient (Wildman–Crippen LogP) is 7.55. The van der Waals surface area contributed by atoms with Crippen molar-refractivity contribution in [2.45, 2.75) is 62.6 Å². The molecule has 8 rings (SSSR count). The number of aromatic nitrogens is 4. The lowest BCUT2D eigenvalue weighted by Crippen LogP contribution is -2.49. The van der Waals surface area contributed by atoms with Crippen molar-refractivity contribution in [3.63, 3.8) is 0 Å². The van der Waals surface area contributed by atoms with Gasteiger partial charge in [0.05, 0.1) is 35.9 Å². The Morgan fingerprint density at radius 3 is 2.53 bits per heavy atom. The average molecular weight is 761 g/mol. The molecule has 1 saturated carbocycles.